The summed E-state index contributed by atoms with van der Waals surface area (Å²) in [7, 11) is 0. The molecule has 1 aromatic rings. The standard InChI is InChI=1S/C9H10FNO3/c1-2-14-9-4-3-8(11(12)13)5-7(9)6-10/h3-5H,2,6H2,1H3. The topological polar surface area (TPSA) is 52.4 Å². The molecule has 1 aromatic carbocycles. The van der Waals surface area contributed by atoms with Crippen LogP contribution in [0.25, 0.3) is 0 Å². The molecule has 5 heteroatoms. The van der Waals surface area contributed by atoms with Crippen LogP contribution in [0.4, 0.5) is 10.1 Å². The molecule has 0 radical (unpaired) electrons. The van der Waals surface area contributed by atoms with Crippen molar-refractivity contribution in [2.24, 2.45) is 0 Å². The van der Waals surface area contributed by atoms with E-state index in [4.69, 9.17) is 4.74 Å². The number of nitro groups is 1. The molecule has 0 aromatic heterocycles. The van der Waals surface area contributed by atoms with Gasteiger partial charge in [-0.1, -0.05) is 0 Å². The van der Waals surface area contributed by atoms with Crippen molar-refractivity contribution in [1.29, 1.82) is 0 Å². The molecule has 0 bridgehead atoms. The minimum Gasteiger partial charge on any atom is -0.493 e. The van der Waals surface area contributed by atoms with E-state index in [0.717, 1.165) is 0 Å². The van der Waals surface area contributed by atoms with Crippen LogP contribution in [-0.4, -0.2) is 11.5 Å². The third kappa shape index (κ3) is 2.18. The van der Waals surface area contributed by atoms with Crippen molar-refractivity contribution < 1.29 is 14.1 Å². The summed E-state index contributed by atoms with van der Waals surface area (Å²) in [6.07, 6.45) is 0. The zero-order chi connectivity index (χ0) is 10.6. The van der Waals surface area contributed by atoms with Crippen LogP contribution in [0.2, 0.25) is 0 Å². The number of benzene rings is 1. The first-order valence-electron chi connectivity index (χ1n) is 4.15. The van der Waals surface area contributed by atoms with Crippen LogP contribution in [0.15, 0.2) is 18.2 Å². The first-order valence-corrected chi connectivity index (χ1v) is 4.15. The van der Waals surface area contributed by atoms with Crippen molar-refractivity contribution in [3.05, 3.63) is 33.9 Å². The Morgan fingerprint density at radius 1 is 1.57 bits per heavy atom. The molecule has 1 rings (SSSR count). The fourth-order valence-corrected chi connectivity index (χ4v) is 1.08. The summed E-state index contributed by atoms with van der Waals surface area (Å²) in [6.45, 7) is 1.41. The van der Waals surface area contributed by atoms with Gasteiger partial charge in [-0.25, -0.2) is 4.39 Å². The van der Waals surface area contributed by atoms with E-state index in [-0.39, 0.29) is 11.3 Å². The van der Waals surface area contributed by atoms with Gasteiger partial charge in [0.2, 0.25) is 0 Å². The van der Waals surface area contributed by atoms with Crippen molar-refractivity contribution in [1.82, 2.24) is 0 Å². The summed E-state index contributed by atoms with van der Waals surface area (Å²) in [5.41, 5.74) is 0.0853. The number of non-ortho nitro benzene ring substituents is 1. The molecule has 0 aliphatic carbocycles. The molecule has 4 nitrogen and oxygen atoms in total. The van der Waals surface area contributed by atoms with Crippen molar-refractivity contribution in [2.75, 3.05) is 6.61 Å². The number of ether oxygens (including phenoxy) is 1. The lowest BCUT2D eigenvalue weighted by molar-refractivity contribution is -0.385. The van der Waals surface area contributed by atoms with Crippen LogP contribution in [-0.2, 0) is 6.67 Å². The molecule has 0 heterocycles. The molecule has 0 saturated carbocycles. The molecule has 0 unspecified atom stereocenters. The highest BCUT2D eigenvalue weighted by Gasteiger charge is 2.10. The van der Waals surface area contributed by atoms with Crippen LogP contribution in [0, 0.1) is 10.1 Å². The molecule has 76 valence electrons. The van der Waals surface area contributed by atoms with Crippen molar-refractivity contribution >= 4 is 5.69 Å². The van der Waals surface area contributed by atoms with Crippen LogP contribution in [0.3, 0.4) is 0 Å². The number of hydrogen-bond acceptors (Lipinski definition) is 3. The molecule has 0 atom stereocenters. The molecule has 0 aliphatic heterocycles. The van der Waals surface area contributed by atoms with Gasteiger partial charge in [0.15, 0.2) is 0 Å². The predicted molar refractivity (Wildman–Crippen MR) is 49.1 cm³/mol. The number of halogens is 1. The minimum atomic E-state index is -0.767. The zero-order valence-corrected chi connectivity index (χ0v) is 7.70. The summed E-state index contributed by atoms with van der Waals surface area (Å²) in [4.78, 5) is 9.82. The maximum atomic E-state index is 12.5. The largest absolute Gasteiger partial charge is 0.493 e. The van der Waals surface area contributed by atoms with Gasteiger partial charge in [0.25, 0.3) is 5.69 Å². The van der Waals surface area contributed by atoms with Crippen LogP contribution in [0.1, 0.15) is 12.5 Å². The summed E-state index contributed by atoms with van der Waals surface area (Å²) in [5, 5.41) is 10.4. The monoisotopic (exact) mass is 199 g/mol. The van der Waals surface area contributed by atoms with Gasteiger partial charge in [-0.3, -0.25) is 10.1 Å². The fraction of sp³-hybridized carbons (Fsp3) is 0.333. The average molecular weight is 199 g/mol. The quantitative estimate of drug-likeness (QED) is 0.552. The molecular weight excluding hydrogens is 189 g/mol. The van der Waals surface area contributed by atoms with E-state index in [1.165, 1.54) is 18.2 Å². The Hall–Kier alpha value is -1.65. The van der Waals surface area contributed by atoms with E-state index < -0.39 is 11.6 Å². The van der Waals surface area contributed by atoms with Crippen molar-refractivity contribution in [3.63, 3.8) is 0 Å². The van der Waals surface area contributed by atoms with Gasteiger partial charge >= 0.3 is 0 Å². The molecule has 14 heavy (non-hydrogen) atoms. The second-order valence-electron chi connectivity index (χ2n) is 2.62. The Morgan fingerprint density at radius 3 is 2.79 bits per heavy atom. The van der Waals surface area contributed by atoms with Crippen LogP contribution in [0.5, 0.6) is 5.75 Å². The number of alkyl halides is 1. The molecular formula is C9H10FNO3. The van der Waals surface area contributed by atoms with Gasteiger partial charge in [0.05, 0.1) is 11.5 Å². The molecule has 0 spiro atoms. The summed E-state index contributed by atoms with van der Waals surface area (Å²) >= 11 is 0. The SMILES string of the molecule is CCOc1ccc([N+](=O)[O-])cc1CF. The minimum absolute atomic E-state index is 0.124. The molecule has 0 saturated heterocycles. The smallest absolute Gasteiger partial charge is 0.270 e. The second-order valence-corrected chi connectivity index (χ2v) is 2.62. The first-order chi connectivity index (χ1) is 6.69. The van der Waals surface area contributed by atoms with E-state index in [1.54, 1.807) is 6.92 Å². The first kappa shape index (κ1) is 10.4. The summed E-state index contributed by atoms with van der Waals surface area (Å²) in [5.74, 6) is 0.362. The maximum Gasteiger partial charge on any atom is 0.270 e. The van der Waals surface area contributed by atoms with E-state index in [1.807, 2.05) is 0 Å². The lowest BCUT2D eigenvalue weighted by Gasteiger charge is -2.06. The molecule has 0 fully saturated rings. The average Bonchev–Trinajstić information content (AvgIpc) is 2.18. The summed E-state index contributed by atoms with van der Waals surface area (Å²) in [6, 6.07) is 3.89. The van der Waals surface area contributed by atoms with Gasteiger partial charge in [-0.05, 0) is 13.0 Å². The fourth-order valence-electron chi connectivity index (χ4n) is 1.08. The van der Waals surface area contributed by atoms with Crippen LogP contribution < -0.4 is 4.74 Å². The number of nitrogens with zero attached hydrogens (tertiary/aromatic N) is 1. The number of nitro benzene ring substituents is 1. The van der Waals surface area contributed by atoms with Crippen molar-refractivity contribution in [2.45, 2.75) is 13.6 Å². The van der Waals surface area contributed by atoms with Gasteiger partial charge in [0.1, 0.15) is 12.4 Å². The number of hydrogen-bond donors (Lipinski definition) is 0. The Labute approximate surface area is 80.5 Å². The highest BCUT2D eigenvalue weighted by Crippen LogP contribution is 2.24. The lowest BCUT2D eigenvalue weighted by atomic mass is 10.2. The van der Waals surface area contributed by atoms with Gasteiger partial charge in [0, 0.05) is 17.7 Å². The highest BCUT2D eigenvalue weighted by atomic mass is 19.1. The lowest BCUT2D eigenvalue weighted by Crippen LogP contribution is -1.97. The van der Waals surface area contributed by atoms with Gasteiger partial charge in [-0.2, -0.15) is 0 Å². The third-order valence-electron chi connectivity index (χ3n) is 1.70. The summed E-state index contributed by atoms with van der Waals surface area (Å²) < 4.78 is 17.6. The van der Waals surface area contributed by atoms with E-state index >= 15 is 0 Å². The van der Waals surface area contributed by atoms with Crippen molar-refractivity contribution in [3.8, 4) is 5.75 Å². The van der Waals surface area contributed by atoms with Gasteiger partial charge < -0.3 is 4.74 Å². The molecule has 0 aliphatic rings. The molecule has 0 amide bonds. The Kier molecular flexibility index (Phi) is 3.39. The zero-order valence-electron chi connectivity index (χ0n) is 7.70. The van der Waals surface area contributed by atoms with E-state index in [2.05, 4.69) is 0 Å². The van der Waals surface area contributed by atoms with Gasteiger partial charge in [-0.15, -0.1) is 0 Å². The Bertz CT molecular complexity index is 341. The van der Waals surface area contributed by atoms with E-state index in [9.17, 15) is 14.5 Å². The normalized spacial score (nSPS) is 9.86. The predicted octanol–water partition coefficient (Wildman–Crippen LogP) is 2.46. The number of rotatable bonds is 4. The highest BCUT2D eigenvalue weighted by molar-refractivity contribution is 5.43. The molecule has 0 N–H and O–H groups in total. The maximum absolute atomic E-state index is 12.5. The van der Waals surface area contributed by atoms with Crippen LogP contribution >= 0.6 is 0 Å². The third-order valence-corrected chi connectivity index (χ3v) is 1.70. The Morgan fingerprint density at radius 2 is 2.29 bits per heavy atom. The Balaban J connectivity index is 3.04. The van der Waals surface area contributed by atoms with E-state index in [0.29, 0.717) is 12.4 Å². The second kappa shape index (κ2) is 4.55.